The summed E-state index contributed by atoms with van der Waals surface area (Å²) >= 11 is 5.43. The van der Waals surface area contributed by atoms with Gasteiger partial charge < -0.3 is 20.1 Å². The number of nitrogens with one attached hydrogen (secondary N) is 2. The van der Waals surface area contributed by atoms with Gasteiger partial charge in [0.15, 0.2) is 16.6 Å². The van der Waals surface area contributed by atoms with Crippen LogP contribution < -0.4 is 20.1 Å². The summed E-state index contributed by atoms with van der Waals surface area (Å²) in [6.07, 6.45) is 0. The van der Waals surface area contributed by atoms with Crippen molar-refractivity contribution in [2.24, 2.45) is 0 Å². The Labute approximate surface area is 154 Å². The summed E-state index contributed by atoms with van der Waals surface area (Å²) in [6, 6.07) is 14.5. The molecule has 25 heavy (non-hydrogen) atoms. The Hall–Kier alpha value is -2.27. The van der Waals surface area contributed by atoms with E-state index >= 15 is 0 Å². The van der Waals surface area contributed by atoms with Crippen LogP contribution in [-0.2, 0) is 5.41 Å². The monoisotopic (exact) mass is 356 g/mol. The molecule has 0 aliphatic carbocycles. The molecule has 132 valence electrons. The van der Waals surface area contributed by atoms with E-state index in [1.807, 2.05) is 18.2 Å². The normalized spacial score (nSPS) is 14.1. The second-order valence-corrected chi connectivity index (χ2v) is 7.67. The molecule has 2 aromatic rings. The Morgan fingerprint density at radius 3 is 2.40 bits per heavy atom. The van der Waals surface area contributed by atoms with Crippen molar-refractivity contribution in [3.05, 3.63) is 53.6 Å². The fourth-order valence-electron chi connectivity index (χ4n) is 2.69. The van der Waals surface area contributed by atoms with E-state index < -0.39 is 0 Å². The minimum absolute atomic E-state index is 0.114. The zero-order chi connectivity index (χ0) is 18.0. The Bertz CT molecular complexity index is 766. The SMILES string of the molecule is C[C@@H](NC(=S)Nc1ccc2c(c1)OCO2)c1ccc(C(C)(C)C)cc1. The lowest BCUT2D eigenvalue weighted by atomic mass is 9.86. The summed E-state index contributed by atoms with van der Waals surface area (Å²) in [6.45, 7) is 9.01. The maximum absolute atomic E-state index is 5.43. The maximum Gasteiger partial charge on any atom is 0.231 e. The first-order valence-electron chi connectivity index (χ1n) is 8.40. The highest BCUT2D eigenvalue weighted by Crippen LogP contribution is 2.34. The van der Waals surface area contributed by atoms with Gasteiger partial charge in [0.25, 0.3) is 0 Å². The van der Waals surface area contributed by atoms with E-state index in [2.05, 4.69) is 62.6 Å². The maximum atomic E-state index is 5.43. The van der Waals surface area contributed by atoms with E-state index in [1.165, 1.54) is 11.1 Å². The zero-order valence-electron chi connectivity index (χ0n) is 15.1. The Morgan fingerprint density at radius 1 is 1.04 bits per heavy atom. The van der Waals surface area contributed by atoms with Crippen LogP contribution in [0, 0.1) is 0 Å². The molecule has 0 unspecified atom stereocenters. The molecule has 1 atom stereocenters. The van der Waals surface area contributed by atoms with Gasteiger partial charge in [-0.1, -0.05) is 45.0 Å². The Kier molecular flexibility index (Phi) is 4.86. The fraction of sp³-hybridized carbons (Fsp3) is 0.350. The van der Waals surface area contributed by atoms with E-state index in [0.717, 1.165) is 17.2 Å². The average Bonchev–Trinajstić information content (AvgIpc) is 3.01. The molecule has 0 saturated heterocycles. The van der Waals surface area contributed by atoms with Gasteiger partial charge >= 0.3 is 0 Å². The Morgan fingerprint density at radius 2 is 1.72 bits per heavy atom. The molecule has 3 rings (SSSR count). The van der Waals surface area contributed by atoms with Gasteiger partial charge in [-0.05, 0) is 47.8 Å². The topological polar surface area (TPSA) is 42.5 Å². The van der Waals surface area contributed by atoms with Crippen LogP contribution >= 0.6 is 12.2 Å². The summed E-state index contributed by atoms with van der Waals surface area (Å²) in [5.74, 6) is 1.50. The molecule has 0 radical (unpaired) electrons. The zero-order valence-corrected chi connectivity index (χ0v) is 15.9. The van der Waals surface area contributed by atoms with Gasteiger partial charge in [0.05, 0.1) is 6.04 Å². The minimum Gasteiger partial charge on any atom is -0.454 e. The van der Waals surface area contributed by atoms with Crippen LogP contribution in [-0.4, -0.2) is 11.9 Å². The molecule has 5 heteroatoms. The van der Waals surface area contributed by atoms with Crippen LogP contribution in [0.3, 0.4) is 0 Å². The molecule has 1 heterocycles. The van der Waals surface area contributed by atoms with Crippen molar-refractivity contribution < 1.29 is 9.47 Å². The summed E-state index contributed by atoms with van der Waals surface area (Å²) < 4.78 is 10.7. The quantitative estimate of drug-likeness (QED) is 0.776. The van der Waals surface area contributed by atoms with Crippen LogP contribution in [0.4, 0.5) is 5.69 Å². The van der Waals surface area contributed by atoms with Crippen molar-refractivity contribution in [3.63, 3.8) is 0 Å². The summed E-state index contributed by atoms with van der Waals surface area (Å²) in [7, 11) is 0. The van der Waals surface area contributed by atoms with Crippen LogP contribution in [0.5, 0.6) is 11.5 Å². The lowest BCUT2D eigenvalue weighted by molar-refractivity contribution is 0.174. The number of benzene rings is 2. The smallest absolute Gasteiger partial charge is 0.231 e. The fourth-order valence-corrected chi connectivity index (χ4v) is 2.99. The lowest BCUT2D eigenvalue weighted by Crippen LogP contribution is -2.30. The van der Waals surface area contributed by atoms with Crippen molar-refractivity contribution in [1.82, 2.24) is 5.32 Å². The van der Waals surface area contributed by atoms with Crippen LogP contribution in [0.15, 0.2) is 42.5 Å². The summed E-state index contributed by atoms with van der Waals surface area (Å²) in [5.41, 5.74) is 3.55. The van der Waals surface area contributed by atoms with Gasteiger partial charge in [0, 0.05) is 11.8 Å². The molecule has 1 aliphatic rings. The van der Waals surface area contributed by atoms with E-state index in [0.29, 0.717) is 5.11 Å². The first kappa shape index (κ1) is 17.5. The first-order valence-corrected chi connectivity index (χ1v) is 8.81. The summed E-state index contributed by atoms with van der Waals surface area (Å²) in [5, 5.41) is 7.09. The highest BCUT2D eigenvalue weighted by Gasteiger charge is 2.15. The van der Waals surface area contributed by atoms with Gasteiger partial charge in [0.1, 0.15) is 0 Å². The van der Waals surface area contributed by atoms with E-state index in [9.17, 15) is 0 Å². The van der Waals surface area contributed by atoms with Crippen molar-refractivity contribution in [2.75, 3.05) is 12.1 Å². The number of rotatable bonds is 3. The Balaban J connectivity index is 1.60. The van der Waals surface area contributed by atoms with Crippen LogP contribution in [0.1, 0.15) is 44.9 Å². The molecule has 0 amide bonds. The number of hydrogen-bond acceptors (Lipinski definition) is 3. The van der Waals surface area contributed by atoms with Crippen molar-refractivity contribution in [1.29, 1.82) is 0 Å². The van der Waals surface area contributed by atoms with Gasteiger partial charge in [-0.3, -0.25) is 0 Å². The van der Waals surface area contributed by atoms with Gasteiger partial charge in [-0.25, -0.2) is 0 Å². The number of ether oxygens (including phenoxy) is 2. The minimum atomic E-state index is 0.114. The molecule has 0 fully saturated rings. The molecule has 0 bridgehead atoms. The molecule has 2 aromatic carbocycles. The van der Waals surface area contributed by atoms with Crippen molar-refractivity contribution in [2.45, 2.75) is 39.2 Å². The number of fused-ring (bicyclic) bond motifs is 1. The second kappa shape index (κ2) is 6.92. The molecule has 1 aliphatic heterocycles. The highest BCUT2D eigenvalue weighted by molar-refractivity contribution is 7.80. The van der Waals surface area contributed by atoms with E-state index in [4.69, 9.17) is 21.7 Å². The molecule has 2 N–H and O–H groups in total. The number of anilines is 1. The molecular formula is C20H24N2O2S. The predicted molar refractivity (Wildman–Crippen MR) is 105 cm³/mol. The number of hydrogen-bond donors (Lipinski definition) is 2. The predicted octanol–water partition coefficient (Wildman–Crippen LogP) is 4.76. The lowest BCUT2D eigenvalue weighted by Gasteiger charge is -2.21. The third-order valence-corrected chi connectivity index (χ3v) is 4.47. The van der Waals surface area contributed by atoms with Gasteiger partial charge in [-0.2, -0.15) is 0 Å². The molecule has 4 nitrogen and oxygen atoms in total. The molecule has 0 aromatic heterocycles. The van der Waals surface area contributed by atoms with Crippen molar-refractivity contribution >= 4 is 23.0 Å². The largest absolute Gasteiger partial charge is 0.454 e. The van der Waals surface area contributed by atoms with Crippen LogP contribution in [0.2, 0.25) is 0 Å². The van der Waals surface area contributed by atoms with Crippen LogP contribution in [0.25, 0.3) is 0 Å². The van der Waals surface area contributed by atoms with E-state index in [1.54, 1.807) is 0 Å². The molecular weight excluding hydrogens is 332 g/mol. The standard InChI is InChI=1S/C20H24N2O2S/c1-13(14-5-7-15(8-6-14)20(2,3)4)21-19(25)22-16-9-10-17-18(11-16)24-12-23-17/h5-11,13H,12H2,1-4H3,(H2,21,22,25)/t13-/m1/s1. The number of thiocarbonyl (C=S) groups is 1. The summed E-state index contributed by atoms with van der Waals surface area (Å²) in [4.78, 5) is 0. The third kappa shape index (κ3) is 4.23. The second-order valence-electron chi connectivity index (χ2n) is 7.26. The first-order chi connectivity index (χ1) is 11.8. The van der Waals surface area contributed by atoms with E-state index in [-0.39, 0.29) is 18.2 Å². The average molecular weight is 356 g/mol. The third-order valence-electron chi connectivity index (χ3n) is 4.25. The van der Waals surface area contributed by atoms with Gasteiger partial charge in [-0.15, -0.1) is 0 Å². The van der Waals surface area contributed by atoms with Gasteiger partial charge in [0.2, 0.25) is 6.79 Å². The molecule has 0 spiro atoms. The van der Waals surface area contributed by atoms with Crippen molar-refractivity contribution in [3.8, 4) is 11.5 Å². The molecule has 0 saturated carbocycles. The highest BCUT2D eigenvalue weighted by atomic mass is 32.1.